The van der Waals surface area contributed by atoms with Crippen LogP contribution >= 0.6 is 34.8 Å². The Morgan fingerprint density at radius 2 is 1.61 bits per heavy atom. The zero-order valence-electron chi connectivity index (χ0n) is 17.5. The van der Waals surface area contributed by atoms with E-state index in [0.717, 1.165) is 0 Å². The number of rotatable bonds is 8. The first kappa shape index (κ1) is 25.0. The Morgan fingerprint density at radius 1 is 0.939 bits per heavy atom. The van der Waals surface area contributed by atoms with Gasteiger partial charge >= 0.3 is 0 Å². The average molecular weight is 530 g/mol. The van der Waals surface area contributed by atoms with Gasteiger partial charge in [0.1, 0.15) is 11.5 Å². The number of benzene rings is 3. The first-order valence-corrected chi connectivity index (χ1v) is 12.1. The van der Waals surface area contributed by atoms with E-state index in [1.165, 1.54) is 37.4 Å². The van der Waals surface area contributed by atoms with Gasteiger partial charge in [-0.05, 0) is 67.1 Å². The van der Waals surface area contributed by atoms with Gasteiger partial charge in [-0.15, -0.1) is 0 Å². The summed E-state index contributed by atoms with van der Waals surface area (Å²) >= 11 is 17.9. The molecule has 3 aromatic carbocycles. The molecule has 33 heavy (non-hydrogen) atoms. The maximum Gasteiger partial charge on any atom is 0.262 e. The molecule has 0 heterocycles. The summed E-state index contributed by atoms with van der Waals surface area (Å²) in [5.74, 6) is 0.488. The Kier molecular flexibility index (Phi) is 7.97. The van der Waals surface area contributed by atoms with Crippen molar-refractivity contribution in [1.82, 2.24) is 0 Å². The predicted molar refractivity (Wildman–Crippen MR) is 131 cm³/mol. The number of carbonyl (C=O) groups is 1. The normalized spacial score (nSPS) is 11.1. The first-order chi connectivity index (χ1) is 15.6. The van der Waals surface area contributed by atoms with E-state index in [4.69, 9.17) is 44.3 Å². The maximum absolute atomic E-state index is 12.7. The molecular formula is C22H19Cl3N2O5S. The van der Waals surface area contributed by atoms with Crippen LogP contribution in [-0.2, 0) is 14.8 Å². The second-order valence-electron chi connectivity index (χ2n) is 6.84. The molecule has 0 spiro atoms. The third-order valence-electron chi connectivity index (χ3n) is 4.44. The Bertz CT molecular complexity index is 1280. The minimum Gasteiger partial charge on any atom is -0.497 e. The molecule has 11 heteroatoms. The third kappa shape index (κ3) is 6.45. The number of nitrogens with one attached hydrogen (secondary N) is 2. The second-order valence-corrected chi connectivity index (χ2v) is 9.75. The number of methoxy groups -OCH3 is 1. The molecule has 1 amide bonds. The van der Waals surface area contributed by atoms with Crippen molar-refractivity contribution in [3.63, 3.8) is 0 Å². The van der Waals surface area contributed by atoms with Gasteiger partial charge in [-0.2, -0.15) is 0 Å². The van der Waals surface area contributed by atoms with Crippen molar-refractivity contribution in [3.05, 3.63) is 75.2 Å². The highest BCUT2D eigenvalue weighted by Crippen LogP contribution is 2.32. The number of sulfonamides is 1. The van der Waals surface area contributed by atoms with Crippen molar-refractivity contribution in [2.45, 2.75) is 11.8 Å². The molecule has 0 unspecified atom stereocenters. The van der Waals surface area contributed by atoms with Crippen molar-refractivity contribution in [2.24, 2.45) is 0 Å². The number of amides is 1. The van der Waals surface area contributed by atoms with E-state index in [0.29, 0.717) is 28.4 Å². The van der Waals surface area contributed by atoms with Crippen LogP contribution < -0.4 is 19.5 Å². The summed E-state index contributed by atoms with van der Waals surface area (Å²) in [6.45, 7) is 1.35. The van der Waals surface area contributed by atoms with Crippen LogP contribution in [0, 0.1) is 6.92 Å². The summed E-state index contributed by atoms with van der Waals surface area (Å²) in [5.41, 5.74) is 1.22. The van der Waals surface area contributed by atoms with Crippen molar-refractivity contribution in [2.75, 3.05) is 23.8 Å². The zero-order chi connectivity index (χ0) is 24.2. The molecule has 174 valence electrons. The summed E-state index contributed by atoms with van der Waals surface area (Å²) in [7, 11) is -2.29. The monoisotopic (exact) mass is 528 g/mol. The molecule has 0 aliphatic heterocycles. The van der Waals surface area contributed by atoms with Gasteiger partial charge in [0.15, 0.2) is 6.61 Å². The lowest BCUT2D eigenvalue weighted by molar-refractivity contribution is -0.118. The molecule has 0 saturated carbocycles. The molecule has 0 saturated heterocycles. The quantitative estimate of drug-likeness (QED) is 0.361. The minimum absolute atomic E-state index is 0.0511. The molecular weight excluding hydrogens is 511 g/mol. The summed E-state index contributed by atoms with van der Waals surface area (Å²) in [6.07, 6.45) is 0. The molecule has 2 N–H and O–H groups in total. The number of halogens is 3. The van der Waals surface area contributed by atoms with Crippen LogP contribution in [0.25, 0.3) is 0 Å². The van der Waals surface area contributed by atoms with Gasteiger partial charge in [-0.3, -0.25) is 9.52 Å². The number of carbonyl (C=O) groups excluding carboxylic acids is 1. The van der Waals surface area contributed by atoms with E-state index in [-0.39, 0.29) is 26.6 Å². The predicted octanol–water partition coefficient (Wildman–Crippen LogP) is 5.78. The molecule has 0 aliphatic carbocycles. The van der Waals surface area contributed by atoms with Gasteiger partial charge in [0.2, 0.25) is 0 Å². The number of aryl methyl sites for hydroxylation is 1. The van der Waals surface area contributed by atoms with Crippen molar-refractivity contribution >= 4 is 62.1 Å². The van der Waals surface area contributed by atoms with Gasteiger partial charge in [0.25, 0.3) is 15.9 Å². The van der Waals surface area contributed by atoms with Crippen molar-refractivity contribution in [3.8, 4) is 11.5 Å². The van der Waals surface area contributed by atoms with Crippen LogP contribution in [0.15, 0.2) is 59.5 Å². The van der Waals surface area contributed by atoms with Gasteiger partial charge in [0.05, 0.1) is 32.8 Å². The van der Waals surface area contributed by atoms with E-state index < -0.39 is 15.9 Å². The van der Waals surface area contributed by atoms with Gasteiger partial charge in [-0.1, -0.05) is 34.8 Å². The van der Waals surface area contributed by atoms with E-state index in [1.807, 2.05) is 0 Å². The Labute approximate surface area is 206 Å². The fourth-order valence-corrected chi connectivity index (χ4v) is 4.51. The van der Waals surface area contributed by atoms with Crippen LogP contribution in [0.3, 0.4) is 0 Å². The van der Waals surface area contributed by atoms with Crippen molar-refractivity contribution < 1.29 is 22.7 Å². The van der Waals surface area contributed by atoms with Crippen LogP contribution in [0.2, 0.25) is 15.1 Å². The lowest BCUT2D eigenvalue weighted by atomic mass is 10.2. The highest BCUT2D eigenvalue weighted by Gasteiger charge is 2.17. The van der Waals surface area contributed by atoms with E-state index in [9.17, 15) is 13.2 Å². The summed E-state index contributed by atoms with van der Waals surface area (Å²) in [5, 5.41) is 3.33. The first-order valence-electron chi connectivity index (χ1n) is 9.44. The molecule has 3 aromatic rings. The SMILES string of the molecule is COc1ccc(NS(=O)(=O)c2ccc(OCC(=O)Nc3cc(Cl)c(Cl)cc3Cl)c(C)c2)cc1. The summed E-state index contributed by atoms with van der Waals surface area (Å²) in [6, 6.07) is 13.7. The van der Waals surface area contributed by atoms with Crippen LogP contribution in [0.5, 0.6) is 11.5 Å². The van der Waals surface area contributed by atoms with E-state index in [2.05, 4.69) is 10.0 Å². The lowest BCUT2D eigenvalue weighted by Crippen LogP contribution is -2.20. The molecule has 7 nitrogen and oxygen atoms in total. The largest absolute Gasteiger partial charge is 0.497 e. The fraction of sp³-hybridized carbons (Fsp3) is 0.136. The molecule has 0 atom stereocenters. The number of ether oxygens (including phenoxy) is 2. The molecule has 3 rings (SSSR count). The van der Waals surface area contributed by atoms with Gasteiger partial charge < -0.3 is 14.8 Å². The number of hydrogen-bond acceptors (Lipinski definition) is 5. The summed E-state index contributed by atoms with van der Waals surface area (Å²) < 4.78 is 38.5. The smallest absolute Gasteiger partial charge is 0.262 e. The average Bonchev–Trinajstić information content (AvgIpc) is 2.77. The van der Waals surface area contributed by atoms with Gasteiger partial charge in [0, 0.05) is 5.69 Å². The topological polar surface area (TPSA) is 93.7 Å². The molecule has 0 aliphatic rings. The highest BCUT2D eigenvalue weighted by atomic mass is 35.5. The second kappa shape index (κ2) is 10.5. The third-order valence-corrected chi connectivity index (χ3v) is 6.86. The summed E-state index contributed by atoms with van der Waals surface area (Å²) in [4.78, 5) is 12.3. The standard InChI is InChI=1S/C22H19Cl3N2O5S/c1-13-9-16(33(29,30)27-14-3-5-15(31-2)6-4-14)7-8-21(13)32-12-22(28)26-20-11-18(24)17(23)10-19(20)25/h3-11,27H,12H2,1-2H3,(H,26,28). The Hall–Kier alpha value is -2.65. The fourth-order valence-electron chi connectivity index (χ4n) is 2.77. The number of hydrogen-bond donors (Lipinski definition) is 2. The van der Waals surface area contributed by atoms with E-state index >= 15 is 0 Å². The van der Waals surface area contributed by atoms with Crippen LogP contribution in [-0.4, -0.2) is 28.0 Å². The van der Waals surface area contributed by atoms with Gasteiger partial charge in [-0.25, -0.2) is 8.42 Å². The minimum atomic E-state index is -3.82. The molecule has 0 aromatic heterocycles. The molecule has 0 bridgehead atoms. The van der Waals surface area contributed by atoms with Crippen LogP contribution in [0.4, 0.5) is 11.4 Å². The van der Waals surface area contributed by atoms with Crippen LogP contribution in [0.1, 0.15) is 5.56 Å². The molecule has 0 radical (unpaired) electrons. The van der Waals surface area contributed by atoms with E-state index in [1.54, 1.807) is 31.2 Å². The Balaban J connectivity index is 1.65. The number of anilines is 2. The molecule has 0 fully saturated rings. The Morgan fingerprint density at radius 3 is 2.24 bits per heavy atom. The van der Waals surface area contributed by atoms with Crippen molar-refractivity contribution in [1.29, 1.82) is 0 Å². The lowest BCUT2D eigenvalue weighted by Gasteiger charge is -2.13. The highest BCUT2D eigenvalue weighted by molar-refractivity contribution is 7.92. The maximum atomic E-state index is 12.7. The zero-order valence-corrected chi connectivity index (χ0v) is 20.6.